The van der Waals surface area contributed by atoms with Crippen LogP contribution in [0.2, 0.25) is 5.02 Å². The summed E-state index contributed by atoms with van der Waals surface area (Å²) in [6.45, 7) is 1.78. The van der Waals surface area contributed by atoms with E-state index in [1.807, 2.05) is 12.1 Å². The summed E-state index contributed by atoms with van der Waals surface area (Å²) in [4.78, 5) is 14.8. The molecule has 2 aliphatic heterocycles. The van der Waals surface area contributed by atoms with Crippen LogP contribution < -0.4 is 14.4 Å². The summed E-state index contributed by atoms with van der Waals surface area (Å²) in [5.74, 6) is 0.990. The molecule has 2 aromatic carbocycles. The quantitative estimate of drug-likeness (QED) is 0.699. The van der Waals surface area contributed by atoms with E-state index in [4.69, 9.17) is 21.1 Å². The standard InChI is InChI=1S/C18H15BrClNO3/c19-13-2-3-15-11(8-13)4-5-21(15)18(22)12-9-14(20)17-16(10-12)23-6-1-7-24-17/h2-3,8-10H,1,4-7H2. The first-order valence-corrected chi connectivity index (χ1v) is 9.00. The number of nitrogens with zero attached hydrogens (tertiary/aromatic N) is 1. The second-order valence-corrected chi connectivity index (χ2v) is 7.14. The van der Waals surface area contributed by atoms with Crippen LogP contribution in [0.3, 0.4) is 0 Å². The molecule has 2 aromatic rings. The molecule has 0 unspecified atom stereocenters. The molecular weight excluding hydrogens is 394 g/mol. The Morgan fingerprint density at radius 1 is 1.17 bits per heavy atom. The Labute approximate surface area is 153 Å². The smallest absolute Gasteiger partial charge is 0.258 e. The van der Waals surface area contributed by atoms with E-state index in [0.717, 1.165) is 28.6 Å². The van der Waals surface area contributed by atoms with Crippen molar-refractivity contribution in [3.63, 3.8) is 0 Å². The summed E-state index contributed by atoms with van der Waals surface area (Å²) in [6.07, 6.45) is 1.64. The van der Waals surface area contributed by atoms with Gasteiger partial charge in [-0.2, -0.15) is 0 Å². The Balaban J connectivity index is 1.69. The van der Waals surface area contributed by atoms with Crippen LogP contribution in [0.25, 0.3) is 0 Å². The van der Waals surface area contributed by atoms with Gasteiger partial charge in [0.2, 0.25) is 0 Å². The lowest BCUT2D eigenvalue weighted by molar-refractivity contribution is 0.0989. The topological polar surface area (TPSA) is 38.8 Å². The molecule has 4 rings (SSSR count). The number of ether oxygens (including phenoxy) is 2. The van der Waals surface area contributed by atoms with Crippen molar-refractivity contribution < 1.29 is 14.3 Å². The van der Waals surface area contributed by atoms with Crippen LogP contribution in [0.4, 0.5) is 5.69 Å². The molecule has 0 spiro atoms. The van der Waals surface area contributed by atoms with Crippen molar-refractivity contribution in [1.29, 1.82) is 0 Å². The summed E-state index contributed by atoms with van der Waals surface area (Å²) in [6, 6.07) is 9.36. The number of carbonyl (C=O) groups excluding carboxylic acids is 1. The molecule has 1 amide bonds. The number of amides is 1. The Bertz CT molecular complexity index is 824. The molecular formula is C18H15BrClNO3. The zero-order valence-electron chi connectivity index (χ0n) is 12.9. The highest BCUT2D eigenvalue weighted by molar-refractivity contribution is 9.10. The van der Waals surface area contributed by atoms with E-state index in [1.165, 1.54) is 0 Å². The van der Waals surface area contributed by atoms with Crippen LogP contribution in [0.5, 0.6) is 11.5 Å². The average molecular weight is 409 g/mol. The van der Waals surface area contributed by atoms with E-state index in [2.05, 4.69) is 22.0 Å². The fraction of sp³-hybridized carbons (Fsp3) is 0.278. The Morgan fingerprint density at radius 2 is 2.00 bits per heavy atom. The molecule has 0 radical (unpaired) electrons. The number of benzene rings is 2. The minimum atomic E-state index is -0.0754. The van der Waals surface area contributed by atoms with Crippen molar-refractivity contribution in [3.8, 4) is 11.5 Å². The summed E-state index contributed by atoms with van der Waals surface area (Å²) >= 11 is 9.78. The Kier molecular flexibility index (Phi) is 4.14. The van der Waals surface area contributed by atoms with Crippen molar-refractivity contribution in [2.24, 2.45) is 0 Å². The van der Waals surface area contributed by atoms with E-state index in [1.54, 1.807) is 17.0 Å². The second-order valence-electron chi connectivity index (χ2n) is 5.82. The first-order chi connectivity index (χ1) is 11.6. The summed E-state index contributed by atoms with van der Waals surface area (Å²) < 4.78 is 12.3. The summed E-state index contributed by atoms with van der Waals surface area (Å²) in [5.41, 5.74) is 2.63. The monoisotopic (exact) mass is 407 g/mol. The van der Waals surface area contributed by atoms with Gasteiger partial charge in [0.05, 0.1) is 18.2 Å². The van der Waals surface area contributed by atoms with Gasteiger partial charge >= 0.3 is 0 Å². The predicted molar refractivity (Wildman–Crippen MR) is 96.6 cm³/mol. The van der Waals surface area contributed by atoms with Gasteiger partial charge in [-0.3, -0.25) is 4.79 Å². The van der Waals surface area contributed by atoms with Gasteiger partial charge in [-0.05, 0) is 42.3 Å². The number of anilines is 1. The number of rotatable bonds is 1. The highest BCUT2D eigenvalue weighted by atomic mass is 79.9. The molecule has 2 aliphatic rings. The Morgan fingerprint density at radius 3 is 2.88 bits per heavy atom. The molecule has 0 N–H and O–H groups in total. The lowest BCUT2D eigenvalue weighted by Crippen LogP contribution is -2.28. The van der Waals surface area contributed by atoms with E-state index in [-0.39, 0.29) is 5.91 Å². The van der Waals surface area contributed by atoms with Crippen LogP contribution in [-0.4, -0.2) is 25.7 Å². The van der Waals surface area contributed by atoms with Gasteiger partial charge in [-0.25, -0.2) is 0 Å². The van der Waals surface area contributed by atoms with E-state index in [0.29, 0.717) is 41.8 Å². The van der Waals surface area contributed by atoms with Crippen molar-refractivity contribution >= 4 is 39.1 Å². The molecule has 0 aromatic heterocycles. The lowest BCUT2D eigenvalue weighted by atomic mass is 10.1. The highest BCUT2D eigenvalue weighted by Crippen LogP contribution is 2.39. The molecule has 4 nitrogen and oxygen atoms in total. The fourth-order valence-corrected chi connectivity index (χ4v) is 3.77. The molecule has 2 heterocycles. The number of halogens is 2. The van der Waals surface area contributed by atoms with Crippen molar-refractivity contribution in [3.05, 3.63) is 51.0 Å². The first-order valence-electron chi connectivity index (χ1n) is 7.83. The number of carbonyl (C=O) groups is 1. The first kappa shape index (κ1) is 15.8. The molecule has 24 heavy (non-hydrogen) atoms. The van der Waals surface area contributed by atoms with E-state index < -0.39 is 0 Å². The fourth-order valence-electron chi connectivity index (χ4n) is 3.09. The van der Waals surface area contributed by atoms with Crippen LogP contribution in [-0.2, 0) is 6.42 Å². The van der Waals surface area contributed by atoms with E-state index >= 15 is 0 Å². The third-order valence-electron chi connectivity index (χ3n) is 4.23. The van der Waals surface area contributed by atoms with Crippen molar-refractivity contribution in [2.45, 2.75) is 12.8 Å². The zero-order chi connectivity index (χ0) is 16.7. The number of hydrogen-bond donors (Lipinski definition) is 0. The molecule has 0 fully saturated rings. The largest absolute Gasteiger partial charge is 0.489 e. The molecule has 0 atom stereocenters. The molecule has 0 bridgehead atoms. The van der Waals surface area contributed by atoms with Crippen molar-refractivity contribution in [1.82, 2.24) is 0 Å². The van der Waals surface area contributed by atoms with E-state index in [9.17, 15) is 4.79 Å². The van der Waals surface area contributed by atoms with Gasteiger partial charge in [-0.1, -0.05) is 27.5 Å². The minimum absolute atomic E-state index is 0.0754. The van der Waals surface area contributed by atoms with Crippen LogP contribution >= 0.6 is 27.5 Å². The average Bonchev–Trinajstić information content (AvgIpc) is 2.82. The SMILES string of the molecule is O=C(c1cc(Cl)c2c(c1)OCCCO2)N1CCc2cc(Br)ccc21. The van der Waals surface area contributed by atoms with Gasteiger partial charge < -0.3 is 14.4 Å². The molecule has 6 heteroatoms. The normalized spacial score (nSPS) is 15.8. The number of hydrogen-bond acceptors (Lipinski definition) is 3. The van der Waals surface area contributed by atoms with Gasteiger partial charge in [0.25, 0.3) is 5.91 Å². The molecule has 124 valence electrons. The minimum Gasteiger partial charge on any atom is -0.489 e. The van der Waals surface area contributed by atoms with Gasteiger partial charge in [-0.15, -0.1) is 0 Å². The van der Waals surface area contributed by atoms with Gasteiger partial charge in [0, 0.05) is 28.7 Å². The maximum Gasteiger partial charge on any atom is 0.258 e. The predicted octanol–water partition coefficient (Wildman–Crippen LogP) is 4.47. The highest BCUT2D eigenvalue weighted by Gasteiger charge is 2.27. The van der Waals surface area contributed by atoms with Gasteiger partial charge in [0.1, 0.15) is 0 Å². The molecule has 0 saturated heterocycles. The summed E-state index contributed by atoms with van der Waals surface area (Å²) in [5, 5.41) is 0.410. The molecule has 0 aliphatic carbocycles. The maximum absolute atomic E-state index is 13.0. The third-order valence-corrected chi connectivity index (χ3v) is 5.01. The van der Waals surface area contributed by atoms with Crippen LogP contribution in [0.1, 0.15) is 22.3 Å². The zero-order valence-corrected chi connectivity index (χ0v) is 15.2. The lowest BCUT2D eigenvalue weighted by Gasteiger charge is -2.19. The van der Waals surface area contributed by atoms with Gasteiger partial charge in [0.15, 0.2) is 11.5 Å². The Hall–Kier alpha value is -1.72. The van der Waals surface area contributed by atoms with Crippen molar-refractivity contribution in [2.75, 3.05) is 24.7 Å². The third kappa shape index (κ3) is 2.76. The number of fused-ring (bicyclic) bond motifs is 2. The van der Waals surface area contributed by atoms with Crippen LogP contribution in [0, 0.1) is 0 Å². The van der Waals surface area contributed by atoms with Crippen LogP contribution in [0.15, 0.2) is 34.8 Å². The second kappa shape index (κ2) is 6.30. The maximum atomic E-state index is 13.0. The molecule has 0 saturated carbocycles. The summed E-state index contributed by atoms with van der Waals surface area (Å²) in [7, 11) is 0.